The van der Waals surface area contributed by atoms with Crippen LogP contribution >= 0.6 is 11.6 Å². The summed E-state index contributed by atoms with van der Waals surface area (Å²) in [6.07, 6.45) is 1.71. The van der Waals surface area contributed by atoms with Crippen molar-refractivity contribution in [1.29, 1.82) is 0 Å². The van der Waals surface area contributed by atoms with Gasteiger partial charge >= 0.3 is 0 Å². The Bertz CT molecular complexity index is 1010. The van der Waals surface area contributed by atoms with Crippen LogP contribution in [0.3, 0.4) is 0 Å². The van der Waals surface area contributed by atoms with E-state index in [1.165, 1.54) is 0 Å². The molecule has 0 spiro atoms. The fraction of sp³-hybridized carbons (Fsp3) is 0.261. The van der Waals surface area contributed by atoms with Crippen molar-refractivity contribution in [2.75, 3.05) is 18.4 Å². The van der Waals surface area contributed by atoms with Gasteiger partial charge in [-0.1, -0.05) is 23.7 Å². The smallest absolute Gasteiger partial charge is 0.253 e. The van der Waals surface area contributed by atoms with Crippen molar-refractivity contribution in [3.05, 3.63) is 71.4 Å². The van der Waals surface area contributed by atoms with Crippen LogP contribution in [0.1, 0.15) is 24.2 Å². The molecule has 0 radical (unpaired) electrons. The van der Waals surface area contributed by atoms with E-state index in [2.05, 4.69) is 34.4 Å². The third kappa shape index (κ3) is 4.78. The molecule has 1 aliphatic rings. The average Bonchev–Trinajstić information content (AvgIpc) is 2.74. The standard InChI is InChI=1S/C23H24ClN5O/c1-15-13-29(14-16(2)26-15)22(30)18-5-9-20(10-6-18)27-23-25-12-11-21(28-23)17-3-7-19(24)8-4-17/h3-12,15-16,26H,13-14H2,1-2H3,(H,25,27,28). The Balaban J connectivity index is 1.45. The summed E-state index contributed by atoms with van der Waals surface area (Å²) in [5.41, 5.74) is 3.27. The predicted molar refractivity (Wildman–Crippen MR) is 120 cm³/mol. The molecule has 154 valence electrons. The fourth-order valence-corrected chi connectivity index (χ4v) is 3.83. The summed E-state index contributed by atoms with van der Waals surface area (Å²) in [4.78, 5) is 23.6. The van der Waals surface area contributed by atoms with E-state index < -0.39 is 0 Å². The lowest BCUT2D eigenvalue weighted by atomic mass is 10.1. The van der Waals surface area contributed by atoms with Crippen molar-refractivity contribution in [2.45, 2.75) is 25.9 Å². The van der Waals surface area contributed by atoms with Crippen molar-refractivity contribution in [1.82, 2.24) is 20.2 Å². The van der Waals surface area contributed by atoms with Gasteiger partial charge in [0.15, 0.2) is 0 Å². The number of amides is 1. The zero-order chi connectivity index (χ0) is 21.1. The molecule has 2 heterocycles. The number of aromatic nitrogens is 2. The molecular formula is C23H24ClN5O. The van der Waals surface area contributed by atoms with Crippen LogP contribution in [0.25, 0.3) is 11.3 Å². The van der Waals surface area contributed by atoms with E-state index in [9.17, 15) is 4.79 Å². The van der Waals surface area contributed by atoms with Gasteiger partial charge in [0.25, 0.3) is 5.91 Å². The summed E-state index contributed by atoms with van der Waals surface area (Å²) in [7, 11) is 0. The lowest BCUT2D eigenvalue weighted by Crippen LogP contribution is -2.55. The first-order chi connectivity index (χ1) is 14.5. The summed E-state index contributed by atoms with van der Waals surface area (Å²) >= 11 is 5.96. The molecule has 1 saturated heterocycles. The Kier molecular flexibility index (Phi) is 5.97. The molecule has 2 unspecified atom stereocenters. The number of nitrogens with one attached hydrogen (secondary N) is 2. The third-order valence-corrected chi connectivity index (χ3v) is 5.28. The van der Waals surface area contributed by atoms with Gasteiger partial charge in [-0.05, 0) is 56.3 Å². The summed E-state index contributed by atoms with van der Waals surface area (Å²) in [5.74, 6) is 0.550. The lowest BCUT2D eigenvalue weighted by Gasteiger charge is -2.36. The van der Waals surface area contributed by atoms with E-state index in [0.717, 1.165) is 16.9 Å². The number of halogens is 1. The second-order valence-corrected chi connectivity index (χ2v) is 8.09. The van der Waals surface area contributed by atoms with Gasteiger partial charge in [-0.15, -0.1) is 0 Å². The van der Waals surface area contributed by atoms with Gasteiger partial charge in [0.2, 0.25) is 5.95 Å². The highest BCUT2D eigenvalue weighted by molar-refractivity contribution is 6.30. The number of hydrogen-bond donors (Lipinski definition) is 2. The summed E-state index contributed by atoms with van der Waals surface area (Å²) in [5, 5.41) is 7.33. The van der Waals surface area contributed by atoms with Crippen molar-refractivity contribution in [3.8, 4) is 11.3 Å². The summed E-state index contributed by atoms with van der Waals surface area (Å²) in [6.45, 7) is 5.63. The highest BCUT2D eigenvalue weighted by Crippen LogP contribution is 2.22. The SMILES string of the molecule is CC1CN(C(=O)c2ccc(Nc3nccc(-c4ccc(Cl)cc4)n3)cc2)CC(C)N1. The molecular weight excluding hydrogens is 398 g/mol. The predicted octanol–water partition coefficient (Wildman–Crippen LogP) is 4.36. The fourth-order valence-electron chi connectivity index (χ4n) is 3.70. The molecule has 4 rings (SSSR count). The molecule has 1 fully saturated rings. The van der Waals surface area contributed by atoms with Gasteiger partial charge in [0.05, 0.1) is 5.69 Å². The van der Waals surface area contributed by atoms with Crippen molar-refractivity contribution < 1.29 is 4.79 Å². The molecule has 2 atom stereocenters. The Morgan fingerprint density at radius 2 is 1.70 bits per heavy atom. The largest absolute Gasteiger partial charge is 0.336 e. The molecule has 2 aromatic carbocycles. The molecule has 30 heavy (non-hydrogen) atoms. The number of hydrogen-bond acceptors (Lipinski definition) is 5. The molecule has 0 saturated carbocycles. The first kappa shape index (κ1) is 20.3. The van der Waals surface area contributed by atoms with Gasteiger partial charge in [0, 0.05) is 53.2 Å². The van der Waals surface area contributed by atoms with E-state index in [4.69, 9.17) is 11.6 Å². The zero-order valence-electron chi connectivity index (χ0n) is 17.0. The molecule has 7 heteroatoms. The number of carbonyl (C=O) groups is 1. The van der Waals surface area contributed by atoms with Gasteiger partial charge in [-0.3, -0.25) is 4.79 Å². The van der Waals surface area contributed by atoms with Gasteiger partial charge in [-0.25, -0.2) is 9.97 Å². The highest BCUT2D eigenvalue weighted by atomic mass is 35.5. The van der Waals surface area contributed by atoms with Crippen LogP contribution in [-0.4, -0.2) is 45.9 Å². The van der Waals surface area contributed by atoms with Crippen LogP contribution in [0.2, 0.25) is 5.02 Å². The Morgan fingerprint density at radius 3 is 2.37 bits per heavy atom. The van der Waals surface area contributed by atoms with E-state index in [1.54, 1.807) is 6.20 Å². The second-order valence-electron chi connectivity index (χ2n) is 7.65. The minimum Gasteiger partial charge on any atom is -0.336 e. The highest BCUT2D eigenvalue weighted by Gasteiger charge is 2.25. The molecule has 1 amide bonds. The molecule has 2 N–H and O–H groups in total. The Morgan fingerprint density at radius 1 is 1.03 bits per heavy atom. The number of benzene rings is 2. The van der Waals surface area contributed by atoms with Crippen LogP contribution < -0.4 is 10.6 Å². The normalized spacial score (nSPS) is 18.8. The minimum absolute atomic E-state index is 0.0581. The Labute approximate surface area is 181 Å². The molecule has 0 bridgehead atoms. The van der Waals surface area contributed by atoms with Crippen LogP contribution in [-0.2, 0) is 0 Å². The Hall–Kier alpha value is -2.96. The maximum Gasteiger partial charge on any atom is 0.253 e. The number of rotatable bonds is 4. The molecule has 1 aliphatic heterocycles. The van der Waals surface area contributed by atoms with E-state index in [1.807, 2.05) is 59.5 Å². The van der Waals surface area contributed by atoms with E-state index >= 15 is 0 Å². The monoisotopic (exact) mass is 421 g/mol. The lowest BCUT2D eigenvalue weighted by molar-refractivity contribution is 0.0674. The topological polar surface area (TPSA) is 70.2 Å². The first-order valence-electron chi connectivity index (χ1n) is 9.99. The van der Waals surface area contributed by atoms with E-state index in [-0.39, 0.29) is 5.91 Å². The number of anilines is 2. The van der Waals surface area contributed by atoms with Crippen LogP contribution in [0, 0.1) is 0 Å². The average molecular weight is 422 g/mol. The second kappa shape index (κ2) is 8.81. The van der Waals surface area contributed by atoms with Crippen molar-refractivity contribution in [2.24, 2.45) is 0 Å². The number of carbonyl (C=O) groups excluding carboxylic acids is 1. The van der Waals surface area contributed by atoms with Gasteiger partial charge < -0.3 is 15.5 Å². The molecule has 1 aromatic heterocycles. The zero-order valence-corrected chi connectivity index (χ0v) is 17.7. The maximum atomic E-state index is 12.8. The summed E-state index contributed by atoms with van der Waals surface area (Å²) < 4.78 is 0. The minimum atomic E-state index is 0.0581. The number of piperazine rings is 1. The molecule has 0 aliphatic carbocycles. The van der Waals surface area contributed by atoms with Gasteiger partial charge in [0.1, 0.15) is 0 Å². The van der Waals surface area contributed by atoms with Crippen LogP contribution in [0.5, 0.6) is 0 Å². The quantitative estimate of drug-likeness (QED) is 0.654. The van der Waals surface area contributed by atoms with E-state index in [0.29, 0.717) is 41.7 Å². The third-order valence-electron chi connectivity index (χ3n) is 5.03. The summed E-state index contributed by atoms with van der Waals surface area (Å²) in [6, 6.07) is 17.4. The van der Waals surface area contributed by atoms with Crippen LogP contribution in [0.4, 0.5) is 11.6 Å². The molecule has 6 nitrogen and oxygen atoms in total. The number of nitrogens with zero attached hydrogens (tertiary/aromatic N) is 3. The van der Waals surface area contributed by atoms with Crippen molar-refractivity contribution in [3.63, 3.8) is 0 Å². The molecule has 3 aromatic rings. The maximum absolute atomic E-state index is 12.8. The first-order valence-corrected chi connectivity index (χ1v) is 10.4. The van der Waals surface area contributed by atoms with Crippen molar-refractivity contribution >= 4 is 29.1 Å². The van der Waals surface area contributed by atoms with Crippen LogP contribution in [0.15, 0.2) is 60.8 Å². The van der Waals surface area contributed by atoms with Gasteiger partial charge in [-0.2, -0.15) is 0 Å².